The number of alkyl halides is 3. The highest BCUT2D eigenvalue weighted by molar-refractivity contribution is 5.94. The summed E-state index contributed by atoms with van der Waals surface area (Å²) in [4.78, 5) is 18.0. The number of halogens is 3. The van der Waals surface area contributed by atoms with Crippen molar-refractivity contribution in [3.63, 3.8) is 0 Å². The Balaban J connectivity index is 1.58. The molecule has 2 aromatic rings. The van der Waals surface area contributed by atoms with E-state index in [0.717, 1.165) is 12.1 Å². The number of amides is 1. The van der Waals surface area contributed by atoms with E-state index in [9.17, 15) is 18.0 Å². The molecule has 1 saturated heterocycles. The molecule has 1 aliphatic rings. The second-order valence-electron chi connectivity index (χ2n) is 6.10. The number of anilines is 1. The van der Waals surface area contributed by atoms with Gasteiger partial charge in [0, 0.05) is 37.7 Å². The lowest BCUT2D eigenvalue weighted by molar-refractivity contribution is -0.137. The number of nitrogens with zero attached hydrogens (tertiary/aromatic N) is 2. The number of piperidine rings is 1. The minimum absolute atomic E-state index is 0.142. The van der Waals surface area contributed by atoms with Crippen molar-refractivity contribution in [2.24, 2.45) is 0 Å². The first-order valence-electron chi connectivity index (χ1n) is 8.17. The van der Waals surface area contributed by atoms with Crippen molar-refractivity contribution in [2.45, 2.75) is 25.1 Å². The fourth-order valence-electron chi connectivity index (χ4n) is 2.88. The van der Waals surface area contributed by atoms with Crippen molar-refractivity contribution in [2.75, 3.05) is 18.8 Å². The van der Waals surface area contributed by atoms with Gasteiger partial charge in [-0.1, -0.05) is 6.07 Å². The second-order valence-corrected chi connectivity index (χ2v) is 6.10. The van der Waals surface area contributed by atoms with Gasteiger partial charge in [-0.2, -0.15) is 13.2 Å². The van der Waals surface area contributed by atoms with E-state index in [-0.39, 0.29) is 23.6 Å². The standard InChI is InChI=1S/C18H18F3N3O2/c19-18(20,21)13-2-1-3-15(11-13)26-14-5-8-24(9-6-14)17(25)12-4-7-23-16(22)10-12/h1-4,7,10-11,14H,5-6,8-9H2,(H2,22,23). The summed E-state index contributed by atoms with van der Waals surface area (Å²) in [5.41, 5.74) is 5.32. The number of likely N-dealkylation sites (tertiary alicyclic amines) is 1. The van der Waals surface area contributed by atoms with Crippen molar-refractivity contribution in [1.82, 2.24) is 9.88 Å². The summed E-state index contributed by atoms with van der Waals surface area (Å²) in [7, 11) is 0. The number of benzene rings is 1. The van der Waals surface area contributed by atoms with E-state index in [4.69, 9.17) is 10.5 Å². The number of carbonyl (C=O) groups is 1. The lowest BCUT2D eigenvalue weighted by atomic mass is 10.1. The van der Waals surface area contributed by atoms with E-state index in [2.05, 4.69) is 4.98 Å². The van der Waals surface area contributed by atoms with Gasteiger partial charge in [0.15, 0.2) is 0 Å². The third kappa shape index (κ3) is 4.25. The zero-order valence-corrected chi connectivity index (χ0v) is 13.9. The maximum atomic E-state index is 12.8. The van der Waals surface area contributed by atoms with Crippen LogP contribution < -0.4 is 10.5 Å². The molecule has 8 heteroatoms. The van der Waals surface area contributed by atoms with Crippen molar-refractivity contribution in [3.05, 3.63) is 53.7 Å². The number of nitrogens with two attached hydrogens (primary N) is 1. The van der Waals surface area contributed by atoms with E-state index in [1.54, 1.807) is 11.0 Å². The SMILES string of the molecule is Nc1cc(C(=O)N2CCC(Oc3cccc(C(F)(F)F)c3)CC2)ccn1. The molecule has 0 saturated carbocycles. The van der Waals surface area contributed by atoms with Gasteiger partial charge < -0.3 is 15.4 Å². The molecule has 2 heterocycles. The fourth-order valence-corrected chi connectivity index (χ4v) is 2.88. The molecule has 1 amide bonds. The molecule has 0 unspecified atom stereocenters. The average Bonchev–Trinajstić information content (AvgIpc) is 2.61. The smallest absolute Gasteiger partial charge is 0.416 e. The van der Waals surface area contributed by atoms with Crippen LogP contribution >= 0.6 is 0 Å². The summed E-state index contributed by atoms with van der Waals surface area (Å²) in [6.45, 7) is 0.926. The first-order valence-corrected chi connectivity index (χ1v) is 8.17. The quantitative estimate of drug-likeness (QED) is 0.906. The second kappa shape index (κ2) is 7.23. The Kier molecular flexibility index (Phi) is 5.01. The Morgan fingerprint density at radius 1 is 1.19 bits per heavy atom. The molecule has 5 nitrogen and oxygen atoms in total. The molecule has 0 atom stereocenters. The van der Waals surface area contributed by atoms with Gasteiger partial charge in [-0.25, -0.2) is 4.98 Å². The van der Waals surface area contributed by atoms with Gasteiger partial charge in [0.05, 0.1) is 5.56 Å². The van der Waals surface area contributed by atoms with Gasteiger partial charge in [0.25, 0.3) is 5.91 Å². The Hall–Kier alpha value is -2.77. The van der Waals surface area contributed by atoms with Crippen LogP contribution in [0, 0.1) is 0 Å². The van der Waals surface area contributed by atoms with Crippen LogP contribution in [0.15, 0.2) is 42.6 Å². The Bertz CT molecular complexity index is 787. The maximum Gasteiger partial charge on any atom is 0.416 e. The van der Waals surface area contributed by atoms with Crippen LogP contribution in [0.5, 0.6) is 5.75 Å². The average molecular weight is 365 g/mol. The molecule has 2 N–H and O–H groups in total. The minimum Gasteiger partial charge on any atom is -0.490 e. The number of ether oxygens (including phenoxy) is 1. The summed E-state index contributed by atoms with van der Waals surface area (Å²) >= 11 is 0. The number of carbonyl (C=O) groups excluding carboxylic acids is 1. The normalized spacial score (nSPS) is 15.7. The first kappa shape index (κ1) is 18.0. The van der Waals surface area contributed by atoms with Crippen molar-refractivity contribution in [3.8, 4) is 5.75 Å². The minimum atomic E-state index is -4.40. The number of pyridine rings is 1. The summed E-state index contributed by atoms with van der Waals surface area (Å²) < 4.78 is 44.0. The molecule has 1 fully saturated rings. The van der Waals surface area contributed by atoms with Crippen LogP contribution in [0.1, 0.15) is 28.8 Å². The molecule has 0 spiro atoms. The van der Waals surface area contributed by atoms with E-state index in [1.807, 2.05) is 0 Å². The number of rotatable bonds is 3. The van der Waals surface area contributed by atoms with Crippen LogP contribution in [0.3, 0.4) is 0 Å². The summed E-state index contributed by atoms with van der Waals surface area (Å²) in [5.74, 6) is 0.321. The van der Waals surface area contributed by atoms with Gasteiger partial charge in [-0.15, -0.1) is 0 Å². The zero-order chi connectivity index (χ0) is 18.7. The molecule has 1 aromatic carbocycles. The zero-order valence-electron chi connectivity index (χ0n) is 13.9. The van der Waals surface area contributed by atoms with Gasteiger partial charge in [0.2, 0.25) is 0 Å². The molecule has 0 aliphatic carbocycles. The molecule has 26 heavy (non-hydrogen) atoms. The molecular formula is C18H18F3N3O2. The number of hydrogen-bond donors (Lipinski definition) is 1. The Labute approximate surface area is 148 Å². The van der Waals surface area contributed by atoms with E-state index in [0.29, 0.717) is 31.5 Å². The molecule has 0 bridgehead atoms. The van der Waals surface area contributed by atoms with E-state index in [1.165, 1.54) is 24.4 Å². The third-order valence-corrected chi connectivity index (χ3v) is 4.22. The maximum absolute atomic E-state index is 12.8. The van der Waals surface area contributed by atoms with Crippen LogP contribution in [-0.4, -0.2) is 35.0 Å². The lowest BCUT2D eigenvalue weighted by Gasteiger charge is -2.32. The van der Waals surface area contributed by atoms with Crippen molar-refractivity contribution < 1.29 is 22.7 Å². The van der Waals surface area contributed by atoms with E-state index < -0.39 is 11.7 Å². The van der Waals surface area contributed by atoms with Crippen molar-refractivity contribution in [1.29, 1.82) is 0 Å². The predicted molar refractivity (Wildman–Crippen MR) is 89.6 cm³/mol. The summed E-state index contributed by atoms with van der Waals surface area (Å²) in [6, 6.07) is 7.96. The number of hydrogen-bond acceptors (Lipinski definition) is 4. The highest BCUT2D eigenvalue weighted by Crippen LogP contribution is 2.32. The fraction of sp³-hybridized carbons (Fsp3) is 0.333. The molecule has 3 rings (SSSR count). The van der Waals surface area contributed by atoms with Gasteiger partial charge in [-0.3, -0.25) is 4.79 Å². The first-order chi connectivity index (χ1) is 12.3. The monoisotopic (exact) mass is 365 g/mol. The third-order valence-electron chi connectivity index (χ3n) is 4.22. The van der Waals surface area contributed by atoms with Gasteiger partial charge >= 0.3 is 6.18 Å². The Morgan fingerprint density at radius 2 is 1.92 bits per heavy atom. The summed E-state index contributed by atoms with van der Waals surface area (Å²) in [6.07, 6.45) is -2.07. The highest BCUT2D eigenvalue weighted by Gasteiger charge is 2.31. The van der Waals surface area contributed by atoms with Crippen LogP contribution in [0.2, 0.25) is 0 Å². The Morgan fingerprint density at radius 3 is 2.58 bits per heavy atom. The van der Waals surface area contributed by atoms with E-state index >= 15 is 0 Å². The molecule has 0 radical (unpaired) electrons. The number of aromatic nitrogens is 1. The number of nitrogen functional groups attached to an aromatic ring is 1. The van der Waals surface area contributed by atoms with Crippen LogP contribution in [-0.2, 0) is 6.18 Å². The molecule has 1 aromatic heterocycles. The highest BCUT2D eigenvalue weighted by atomic mass is 19.4. The van der Waals surface area contributed by atoms with Crippen molar-refractivity contribution >= 4 is 11.7 Å². The summed E-state index contributed by atoms with van der Waals surface area (Å²) in [5, 5.41) is 0. The van der Waals surface area contributed by atoms with Gasteiger partial charge in [-0.05, 0) is 30.3 Å². The predicted octanol–water partition coefficient (Wildman–Crippen LogP) is 3.37. The lowest BCUT2D eigenvalue weighted by Crippen LogP contribution is -2.41. The topological polar surface area (TPSA) is 68.5 Å². The van der Waals surface area contributed by atoms with Crippen LogP contribution in [0.4, 0.5) is 19.0 Å². The molecular weight excluding hydrogens is 347 g/mol. The molecule has 138 valence electrons. The molecule has 1 aliphatic heterocycles. The van der Waals surface area contributed by atoms with Crippen LogP contribution in [0.25, 0.3) is 0 Å². The van der Waals surface area contributed by atoms with Gasteiger partial charge in [0.1, 0.15) is 17.7 Å². The largest absolute Gasteiger partial charge is 0.490 e.